The van der Waals surface area contributed by atoms with Crippen LogP contribution < -0.4 is 0 Å². The molecule has 1 N–H and O–H groups in total. The van der Waals surface area contributed by atoms with E-state index >= 15 is 0 Å². The average molecular weight is 358 g/mol. The summed E-state index contributed by atoms with van der Waals surface area (Å²) in [6, 6.07) is 0. The topological polar surface area (TPSA) is 63.6 Å². The Morgan fingerprint density at radius 3 is 2.77 bits per heavy atom. The summed E-state index contributed by atoms with van der Waals surface area (Å²) < 4.78 is 5.88. The predicted molar refractivity (Wildman–Crippen MR) is 101 cm³/mol. The van der Waals surface area contributed by atoms with Gasteiger partial charge in [0.15, 0.2) is 0 Å². The molecule has 26 heavy (non-hydrogen) atoms. The van der Waals surface area contributed by atoms with E-state index < -0.39 is 0 Å². The second kappa shape index (κ2) is 5.95. The summed E-state index contributed by atoms with van der Waals surface area (Å²) in [5.41, 5.74) is 0.949. The largest absolute Gasteiger partial charge is 0.462 e. The minimum absolute atomic E-state index is 0.0293. The fraction of sp³-hybridized carbons (Fsp3) is 0.810. The van der Waals surface area contributed by atoms with Crippen LogP contribution in [0.1, 0.15) is 59.3 Å². The molecule has 0 amide bonds. The van der Waals surface area contributed by atoms with Crippen molar-refractivity contribution in [2.45, 2.75) is 77.3 Å². The van der Waals surface area contributed by atoms with Crippen molar-refractivity contribution < 1.29 is 19.4 Å². The van der Waals surface area contributed by atoms with E-state index in [2.05, 4.69) is 27.8 Å². The van der Waals surface area contributed by atoms with E-state index in [1.54, 1.807) is 0 Å². The minimum atomic E-state index is -0.364. The number of aliphatic hydroxyl groups excluding tert-OH is 1. The minimum Gasteiger partial charge on any atom is -0.462 e. The third kappa shape index (κ3) is 2.46. The van der Waals surface area contributed by atoms with E-state index in [1.807, 2.05) is 0 Å². The van der Waals surface area contributed by atoms with Gasteiger partial charge < -0.3 is 9.84 Å². The number of carbonyl (C=O) groups excluding carboxylic acids is 2. The Morgan fingerprint density at radius 1 is 1.35 bits per heavy atom. The molecule has 0 aromatic carbocycles. The van der Waals surface area contributed by atoms with Crippen LogP contribution in [0, 0.1) is 28.6 Å². The van der Waals surface area contributed by atoms with Crippen molar-refractivity contribution in [3.8, 4) is 0 Å². The van der Waals surface area contributed by atoms with Crippen LogP contribution in [0.5, 0.6) is 0 Å². The molecule has 4 rings (SSSR count). The first kappa shape index (κ1) is 18.3. The van der Waals surface area contributed by atoms with Gasteiger partial charge in [0.25, 0.3) is 0 Å². The fourth-order valence-electron chi connectivity index (χ4n) is 7.18. The molecule has 0 aromatic heterocycles. The van der Waals surface area contributed by atoms with Crippen LogP contribution in [-0.4, -0.2) is 36.9 Å². The standard InChI is InChI=1S/C21H31BO4/c1-11(23)26-17-10-21(3)15(9-16(22)19(21)25)14-5-4-12-8-13(24)6-7-20(12,2)18(14)17/h4,13-18,24H,5-10,22H2,1-3H3/t13-,14?,15?,16+,17-,18?,20-,21-/m0/s1. The molecule has 3 saturated carbocycles. The molecular formula is C21H31BO4. The van der Waals surface area contributed by atoms with E-state index in [0.717, 1.165) is 32.1 Å². The number of fused-ring (bicyclic) bond motifs is 5. The van der Waals surface area contributed by atoms with Gasteiger partial charge in [-0.1, -0.05) is 25.5 Å². The molecule has 3 unspecified atom stereocenters. The van der Waals surface area contributed by atoms with Crippen LogP contribution in [0.15, 0.2) is 11.6 Å². The Bertz CT molecular complexity index is 673. The third-order valence-corrected chi connectivity index (χ3v) is 8.32. The molecule has 0 saturated heterocycles. The molecule has 0 aliphatic heterocycles. The number of hydrogen-bond acceptors (Lipinski definition) is 4. The third-order valence-electron chi connectivity index (χ3n) is 8.32. The second-order valence-corrected chi connectivity index (χ2v) is 9.85. The quantitative estimate of drug-likeness (QED) is 0.444. The second-order valence-electron chi connectivity index (χ2n) is 9.85. The molecule has 3 fully saturated rings. The highest BCUT2D eigenvalue weighted by atomic mass is 16.5. The van der Waals surface area contributed by atoms with E-state index in [4.69, 9.17) is 4.74 Å². The van der Waals surface area contributed by atoms with E-state index in [0.29, 0.717) is 24.0 Å². The van der Waals surface area contributed by atoms with Crippen LogP contribution in [0.4, 0.5) is 0 Å². The summed E-state index contributed by atoms with van der Waals surface area (Å²) in [4.78, 5) is 24.9. The van der Waals surface area contributed by atoms with Crippen molar-refractivity contribution in [3.05, 3.63) is 11.6 Å². The average Bonchev–Trinajstić information content (AvgIpc) is 2.78. The van der Waals surface area contributed by atoms with Crippen LogP contribution in [0.2, 0.25) is 5.82 Å². The normalized spacial score (nSPS) is 50.3. The number of Topliss-reactive ketones (excluding diaryl/α,β-unsaturated/α-hetero) is 1. The number of rotatable bonds is 1. The molecule has 0 bridgehead atoms. The number of ether oxygens (including phenoxy) is 1. The molecule has 4 aliphatic rings. The Morgan fingerprint density at radius 2 is 2.08 bits per heavy atom. The van der Waals surface area contributed by atoms with E-state index in [9.17, 15) is 14.7 Å². The smallest absolute Gasteiger partial charge is 0.302 e. The van der Waals surface area contributed by atoms with E-state index in [1.165, 1.54) is 12.5 Å². The molecule has 0 aromatic rings. The molecule has 8 atom stereocenters. The van der Waals surface area contributed by atoms with Crippen molar-refractivity contribution in [2.24, 2.45) is 28.6 Å². The molecule has 0 spiro atoms. The molecule has 142 valence electrons. The lowest BCUT2D eigenvalue weighted by Gasteiger charge is -2.58. The predicted octanol–water partition coefficient (Wildman–Crippen LogP) is 2.45. The zero-order valence-electron chi connectivity index (χ0n) is 16.5. The number of esters is 1. The molecule has 4 aliphatic carbocycles. The van der Waals surface area contributed by atoms with Crippen molar-refractivity contribution in [3.63, 3.8) is 0 Å². The number of ketones is 1. The Kier molecular flexibility index (Phi) is 4.18. The number of hydrogen-bond donors (Lipinski definition) is 1. The summed E-state index contributed by atoms with van der Waals surface area (Å²) >= 11 is 0. The van der Waals surface area contributed by atoms with Gasteiger partial charge in [0.1, 0.15) is 19.7 Å². The summed E-state index contributed by atoms with van der Waals surface area (Å²) in [5.74, 6) is 1.24. The van der Waals surface area contributed by atoms with Gasteiger partial charge in [0, 0.05) is 18.3 Å². The van der Waals surface area contributed by atoms with Gasteiger partial charge in [-0.2, -0.15) is 0 Å². The lowest BCUT2D eigenvalue weighted by Crippen LogP contribution is -2.57. The maximum Gasteiger partial charge on any atom is 0.302 e. The molecule has 4 nitrogen and oxygen atoms in total. The molecule has 5 heteroatoms. The van der Waals surface area contributed by atoms with Crippen LogP contribution in [0.3, 0.4) is 0 Å². The van der Waals surface area contributed by atoms with Gasteiger partial charge in [-0.25, -0.2) is 0 Å². The molecular weight excluding hydrogens is 327 g/mol. The first-order valence-corrected chi connectivity index (χ1v) is 10.3. The maximum atomic E-state index is 13.0. The number of allylic oxidation sites excluding steroid dienone is 1. The van der Waals surface area contributed by atoms with Crippen molar-refractivity contribution in [2.75, 3.05) is 0 Å². The first-order valence-electron chi connectivity index (χ1n) is 10.3. The van der Waals surface area contributed by atoms with Gasteiger partial charge in [-0.05, 0) is 61.6 Å². The monoisotopic (exact) mass is 358 g/mol. The summed E-state index contributed by atoms with van der Waals surface area (Å²) in [6.45, 7) is 5.90. The van der Waals surface area contributed by atoms with Crippen LogP contribution in [0.25, 0.3) is 0 Å². The van der Waals surface area contributed by atoms with Gasteiger partial charge in [-0.15, -0.1) is 0 Å². The lowest BCUT2D eigenvalue weighted by molar-refractivity contribution is -0.173. The highest BCUT2D eigenvalue weighted by Gasteiger charge is 2.64. The highest BCUT2D eigenvalue weighted by Crippen LogP contribution is 2.65. The van der Waals surface area contributed by atoms with Crippen molar-refractivity contribution >= 4 is 19.6 Å². The number of aliphatic hydroxyl groups is 1. The van der Waals surface area contributed by atoms with Gasteiger partial charge >= 0.3 is 5.97 Å². The molecule has 0 radical (unpaired) electrons. The van der Waals surface area contributed by atoms with Gasteiger partial charge in [-0.3, -0.25) is 9.59 Å². The highest BCUT2D eigenvalue weighted by molar-refractivity contribution is 6.26. The lowest BCUT2D eigenvalue weighted by atomic mass is 9.47. The Labute approximate surface area is 157 Å². The van der Waals surface area contributed by atoms with Crippen molar-refractivity contribution in [1.29, 1.82) is 0 Å². The zero-order chi connectivity index (χ0) is 18.9. The van der Waals surface area contributed by atoms with E-state index in [-0.39, 0.29) is 40.7 Å². The van der Waals surface area contributed by atoms with Gasteiger partial charge in [0.2, 0.25) is 0 Å². The molecule has 0 heterocycles. The Hall–Kier alpha value is -1.10. The summed E-state index contributed by atoms with van der Waals surface area (Å²) in [5, 5.41) is 10.2. The van der Waals surface area contributed by atoms with Crippen molar-refractivity contribution in [1.82, 2.24) is 0 Å². The Balaban J connectivity index is 1.78. The van der Waals surface area contributed by atoms with Crippen LogP contribution in [-0.2, 0) is 14.3 Å². The zero-order valence-corrected chi connectivity index (χ0v) is 16.5. The summed E-state index contributed by atoms with van der Waals surface area (Å²) in [6.07, 6.45) is 6.94. The maximum absolute atomic E-state index is 13.0. The fourth-order valence-corrected chi connectivity index (χ4v) is 7.18. The summed E-state index contributed by atoms with van der Waals surface area (Å²) in [7, 11) is 2.06. The van der Waals surface area contributed by atoms with Gasteiger partial charge in [0.05, 0.1) is 6.10 Å². The van der Waals surface area contributed by atoms with Crippen LogP contribution >= 0.6 is 0 Å². The number of carbonyl (C=O) groups is 2. The first-order chi connectivity index (χ1) is 12.2. The SMILES string of the molecule is B[C@@H]1CC2C3CC=C4C[C@@H](O)CC[C@]4(C)C3[C@@H](OC(C)=O)C[C@]2(C)C1=O.